The highest BCUT2D eigenvalue weighted by Gasteiger charge is 2.25. The molecule has 2 aromatic carbocycles. The van der Waals surface area contributed by atoms with Crippen LogP contribution < -0.4 is 4.74 Å². The highest BCUT2D eigenvalue weighted by molar-refractivity contribution is 7.20. The van der Waals surface area contributed by atoms with Gasteiger partial charge in [0.15, 0.2) is 5.01 Å². The quantitative estimate of drug-likeness (QED) is 0.639. The summed E-state index contributed by atoms with van der Waals surface area (Å²) in [6.07, 6.45) is 3.21. The summed E-state index contributed by atoms with van der Waals surface area (Å²) >= 11 is 1.46. The lowest BCUT2D eigenvalue weighted by Crippen LogP contribution is -2.38. The largest absolute Gasteiger partial charge is 0.494 e. The lowest BCUT2D eigenvalue weighted by atomic mass is 9.90. The summed E-state index contributed by atoms with van der Waals surface area (Å²) in [5.74, 6) is 1.54. The van der Waals surface area contributed by atoms with E-state index in [2.05, 4.69) is 35.3 Å². The van der Waals surface area contributed by atoms with Crippen molar-refractivity contribution < 1.29 is 9.53 Å². The van der Waals surface area contributed by atoms with Crippen molar-refractivity contribution >= 4 is 27.5 Å². The number of likely N-dealkylation sites (tertiary alicyclic amines) is 1. The van der Waals surface area contributed by atoms with Crippen LogP contribution in [0.5, 0.6) is 5.75 Å². The van der Waals surface area contributed by atoms with Gasteiger partial charge < -0.3 is 9.64 Å². The smallest absolute Gasteiger partial charge is 0.282 e. The van der Waals surface area contributed by atoms with Crippen LogP contribution in [0, 0.1) is 5.92 Å². The molecule has 27 heavy (non-hydrogen) atoms. The van der Waals surface area contributed by atoms with E-state index in [1.165, 1.54) is 16.9 Å². The van der Waals surface area contributed by atoms with Gasteiger partial charge in [0.1, 0.15) is 5.75 Å². The molecule has 4 rings (SSSR count). The number of piperidine rings is 1. The van der Waals surface area contributed by atoms with Gasteiger partial charge in [-0.3, -0.25) is 4.79 Å². The molecule has 0 atom stereocenters. The number of ether oxygens (including phenoxy) is 1. The molecule has 1 fully saturated rings. The average molecular weight is 381 g/mol. The van der Waals surface area contributed by atoms with Gasteiger partial charge in [-0.25, -0.2) is 4.98 Å². The number of aromatic nitrogens is 1. The Morgan fingerprint density at radius 1 is 1.19 bits per heavy atom. The van der Waals surface area contributed by atoms with Crippen LogP contribution >= 0.6 is 11.3 Å². The molecule has 1 aromatic heterocycles. The molecule has 4 nitrogen and oxygen atoms in total. The van der Waals surface area contributed by atoms with Gasteiger partial charge in [-0.05, 0) is 55.9 Å². The van der Waals surface area contributed by atoms with Crippen LogP contribution in [0.2, 0.25) is 0 Å². The summed E-state index contributed by atoms with van der Waals surface area (Å²) in [6, 6.07) is 16.4. The van der Waals surface area contributed by atoms with Crippen LogP contribution in [0.4, 0.5) is 0 Å². The number of rotatable bonds is 5. The number of hydrogen-bond donors (Lipinski definition) is 0. The van der Waals surface area contributed by atoms with Crippen molar-refractivity contribution in [2.45, 2.75) is 26.2 Å². The number of benzene rings is 2. The maximum absolute atomic E-state index is 12.9. The zero-order chi connectivity index (χ0) is 18.6. The number of hydrogen-bond acceptors (Lipinski definition) is 4. The van der Waals surface area contributed by atoms with E-state index in [-0.39, 0.29) is 5.91 Å². The molecule has 0 bridgehead atoms. The first-order chi connectivity index (χ1) is 13.2. The molecule has 0 N–H and O–H groups in total. The van der Waals surface area contributed by atoms with E-state index >= 15 is 0 Å². The topological polar surface area (TPSA) is 42.4 Å². The molecule has 0 unspecified atom stereocenters. The standard InChI is InChI=1S/C22H24N2O2S/c1-2-26-18-8-9-19-20(15-18)27-21(23-19)22(25)24-12-10-17(11-13-24)14-16-6-4-3-5-7-16/h3-9,15,17H,2,10-14H2,1H3. The van der Waals surface area contributed by atoms with Crippen LogP contribution in [0.25, 0.3) is 10.2 Å². The third-order valence-electron chi connectivity index (χ3n) is 5.12. The van der Waals surface area contributed by atoms with Gasteiger partial charge in [0.05, 0.1) is 16.8 Å². The molecule has 1 amide bonds. The first kappa shape index (κ1) is 18.0. The van der Waals surface area contributed by atoms with Crippen LogP contribution in [0.15, 0.2) is 48.5 Å². The fraction of sp³-hybridized carbons (Fsp3) is 0.364. The lowest BCUT2D eigenvalue weighted by Gasteiger charge is -2.31. The Hall–Kier alpha value is -2.40. The Labute approximate surface area is 163 Å². The van der Waals surface area contributed by atoms with Crippen molar-refractivity contribution in [2.75, 3.05) is 19.7 Å². The molecule has 1 saturated heterocycles. The number of nitrogens with zero attached hydrogens (tertiary/aromatic N) is 2. The van der Waals surface area contributed by atoms with Gasteiger partial charge in [0.2, 0.25) is 0 Å². The molecule has 0 aliphatic carbocycles. The van der Waals surface area contributed by atoms with E-state index in [9.17, 15) is 4.79 Å². The third-order valence-corrected chi connectivity index (χ3v) is 6.13. The summed E-state index contributed by atoms with van der Waals surface area (Å²) in [5, 5.41) is 0.583. The van der Waals surface area contributed by atoms with Crippen LogP contribution in [-0.2, 0) is 6.42 Å². The monoisotopic (exact) mass is 380 g/mol. The van der Waals surface area contributed by atoms with Crippen molar-refractivity contribution in [3.63, 3.8) is 0 Å². The summed E-state index contributed by atoms with van der Waals surface area (Å²) in [6.45, 7) is 4.23. The van der Waals surface area contributed by atoms with Gasteiger partial charge in [-0.15, -0.1) is 11.3 Å². The van der Waals surface area contributed by atoms with E-state index in [0.29, 0.717) is 17.5 Å². The molecule has 0 radical (unpaired) electrons. The Bertz CT molecular complexity index is 914. The Kier molecular flexibility index (Phi) is 5.39. The normalized spacial score (nSPS) is 15.2. The first-order valence-corrected chi connectivity index (χ1v) is 10.4. The minimum Gasteiger partial charge on any atom is -0.494 e. The van der Waals surface area contributed by atoms with Gasteiger partial charge in [0.25, 0.3) is 5.91 Å². The molecule has 0 spiro atoms. The minimum atomic E-state index is 0.0623. The maximum atomic E-state index is 12.9. The first-order valence-electron chi connectivity index (χ1n) is 9.59. The molecule has 1 aliphatic rings. The fourth-order valence-corrected chi connectivity index (χ4v) is 4.64. The molecule has 2 heterocycles. The van der Waals surface area contributed by atoms with Crippen LogP contribution in [0.1, 0.15) is 35.1 Å². The van der Waals surface area contributed by atoms with Gasteiger partial charge in [-0.1, -0.05) is 30.3 Å². The highest BCUT2D eigenvalue weighted by atomic mass is 32.1. The number of thiazole rings is 1. The molecule has 140 valence electrons. The van der Waals surface area contributed by atoms with E-state index in [4.69, 9.17) is 4.74 Å². The van der Waals surface area contributed by atoms with Crippen molar-refractivity contribution in [1.82, 2.24) is 9.88 Å². The second kappa shape index (κ2) is 8.09. The fourth-order valence-electron chi connectivity index (χ4n) is 3.68. The van der Waals surface area contributed by atoms with Crippen molar-refractivity contribution in [3.05, 3.63) is 59.1 Å². The predicted octanol–water partition coefficient (Wildman–Crippen LogP) is 4.79. The second-order valence-electron chi connectivity index (χ2n) is 7.01. The highest BCUT2D eigenvalue weighted by Crippen LogP contribution is 2.29. The third kappa shape index (κ3) is 4.14. The predicted molar refractivity (Wildman–Crippen MR) is 110 cm³/mol. The van der Waals surface area contributed by atoms with Gasteiger partial charge in [0, 0.05) is 13.1 Å². The summed E-state index contributed by atoms with van der Waals surface area (Å²) < 4.78 is 6.55. The zero-order valence-electron chi connectivity index (χ0n) is 15.6. The summed E-state index contributed by atoms with van der Waals surface area (Å²) in [5.41, 5.74) is 2.25. The van der Waals surface area contributed by atoms with Crippen LogP contribution in [-0.4, -0.2) is 35.5 Å². The molecule has 5 heteroatoms. The van der Waals surface area contributed by atoms with E-state index in [1.54, 1.807) is 0 Å². The number of carbonyl (C=O) groups is 1. The molecular weight excluding hydrogens is 356 g/mol. The SMILES string of the molecule is CCOc1ccc2nc(C(=O)N3CCC(Cc4ccccc4)CC3)sc2c1. The Morgan fingerprint density at radius 3 is 2.70 bits per heavy atom. The second-order valence-corrected chi connectivity index (χ2v) is 8.04. The van der Waals surface area contributed by atoms with Crippen LogP contribution in [0.3, 0.4) is 0 Å². The Balaban J connectivity index is 1.39. The summed E-state index contributed by atoms with van der Waals surface area (Å²) in [4.78, 5) is 19.4. The van der Waals surface area contributed by atoms with E-state index in [1.807, 2.05) is 30.0 Å². The molecule has 0 saturated carbocycles. The van der Waals surface area contributed by atoms with Crippen molar-refractivity contribution in [1.29, 1.82) is 0 Å². The zero-order valence-corrected chi connectivity index (χ0v) is 16.4. The van der Waals surface area contributed by atoms with Gasteiger partial charge in [-0.2, -0.15) is 0 Å². The molecular formula is C22H24N2O2S. The lowest BCUT2D eigenvalue weighted by molar-refractivity contribution is 0.0690. The molecule has 1 aliphatic heterocycles. The van der Waals surface area contributed by atoms with E-state index < -0.39 is 0 Å². The average Bonchev–Trinajstić information content (AvgIpc) is 3.12. The van der Waals surface area contributed by atoms with Crippen molar-refractivity contribution in [2.24, 2.45) is 5.92 Å². The maximum Gasteiger partial charge on any atom is 0.282 e. The minimum absolute atomic E-state index is 0.0623. The van der Waals surface area contributed by atoms with E-state index in [0.717, 1.165) is 48.3 Å². The van der Waals surface area contributed by atoms with Crippen molar-refractivity contribution in [3.8, 4) is 5.75 Å². The number of amides is 1. The molecule has 3 aromatic rings. The number of carbonyl (C=O) groups excluding carboxylic acids is 1. The van der Waals surface area contributed by atoms with Gasteiger partial charge >= 0.3 is 0 Å². The Morgan fingerprint density at radius 2 is 1.96 bits per heavy atom. The summed E-state index contributed by atoms with van der Waals surface area (Å²) in [7, 11) is 0. The number of fused-ring (bicyclic) bond motifs is 1.